The van der Waals surface area contributed by atoms with Gasteiger partial charge in [-0.15, -0.1) is 11.3 Å². The van der Waals surface area contributed by atoms with E-state index in [9.17, 15) is 14.4 Å². The van der Waals surface area contributed by atoms with Crippen molar-refractivity contribution in [1.82, 2.24) is 4.98 Å². The number of rotatable bonds is 5. The minimum Gasteiger partial charge on any atom is -0.450 e. The highest BCUT2D eigenvalue weighted by Gasteiger charge is 2.13. The Bertz CT molecular complexity index is 1010. The maximum absolute atomic E-state index is 12.2. The van der Waals surface area contributed by atoms with Crippen molar-refractivity contribution in [3.05, 3.63) is 51.8 Å². The zero-order valence-corrected chi connectivity index (χ0v) is 14.6. The van der Waals surface area contributed by atoms with Gasteiger partial charge < -0.3 is 14.5 Å². The van der Waals surface area contributed by atoms with Crippen LogP contribution in [-0.4, -0.2) is 23.6 Å². The summed E-state index contributed by atoms with van der Waals surface area (Å²) in [6.45, 7) is 1.95. The van der Waals surface area contributed by atoms with E-state index in [2.05, 4.69) is 15.6 Å². The molecule has 2 heterocycles. The fourth-order valence-electron chi connectivity index (χ4n) is 2.21. The number of amides is 2. The molecule has 0 fully saturated rings. The maximum Gasteiger partial charge on any atom is 0.413 e. The molecule has 0 unspecified atom stereocenters. The molecule has 0 saturated heterocycles. The quantitative estimate of drug-likeness (QED) is 0.665. The minimum absolute atomic E-state index is 0.0483. The molecule has 0 aliphatic heterocycles. The summed E-state index contributed by atoms with van der Waals surface area (Å²) in [6, 6.07) is 8.58. The van der Waals surface area contributed by atoms with Crippen LogP contribution in [-0.2, 0) is 16.0 Å². The minimum atomic E-state index is -0.625. The monoisotopic (exact) mass is 373 g/mol. The van der Waals surface area contributed by atoms with Crippen LogP contribution in [0.3, 0.4) is 0 Å². The third-order valence-corrected chi connectivity index (χ3v) is 4.10. The Morgan fingerprint density at radius 1 is 1.27 bits per heavy atom. The van der Waals surface area contributed by atoms with Crippen molar-refractivity contribution in [3.8, 4) is 0 Å². The molecule has 0 spiro atoms. The summed E-state index contributed by atoms with van der Waals surface area (Å²) < 4.78 is 9.93. The summed E-state index contributed by atoms with van der Waals surface area (Å²) in [5.41, 5.74) is 0.350. The largest absolute Gasteiger partial charge is 0.450 e. The Hall–Kier alpha value is -3.20. The van der Waals surface area contributed by atoms with Crippen molar-refractivity contribution in [2.75, 3.05) is 17.2 Å². The van der Waals surface area contributed by atoms with Crippen molar-refractivity contribution in [1.29, 1.82) is 0 Å². The van der Waals surface area contributed by atoms with Gasteiger partial charge in [0.1, 0.15) is 11.3 Å². The highest BCUT2D eigenvalue weighted by molar-refractivity contribution is 7.13. The number of para-hydroxylation sites is 1. The van der Waals surface area contributed by atoms with E-state index < -0.39 is 17.6 Å². The first-order chi connectivity index (χ1) is 12.5. The van der Waals surface area contributed by atoms with E-state index in [0.29, 0.717) is 21.8 Å². The molecule has 9 heteroatoms. The molecule has 8 nitrogen and oxygen atoms in total. The van der Waals surface area contributed by atoms with Crippen LogP contribution in [0.1, 0.15) is 12.6 Å². The van der Waals surface area contributed by atoms with E-state index in [4.69, 9.17) is 9.15 Å². The highest BCUT2D eigenvalue weighted by Crippen LogP contribution is 2.18. The molecule has 26 heavy (non-hydrogen) atoms. The third kappa shape index (κ3) is 4.25. The van der Waals surface area contributed by atoms with E-state index in [-0.39, 0.29) is 18.7 Å². The summed E-state index contributed by atoms with van der Waals surface area (Å²) in [6.07, 6.45) is -0.653. The summed E-state index contributed by atoms with van der Waals surface area (Å²) in [7, 11) is 0. The van der Waals surface area contributed by atoms with Crippen LogP contribution in [0.2, 0.25) is 0 Å². The van der Waals surface area contributed by atoms with Crippen LogP contribution in [0.15, 0.2) is 44.9 Å². The fourth-order valence-corrected chi connectivity index (χ4v) is 2.90. The van der Waals surface area contributed by atoms with Gasteiger partial charge in [-0.25, -0.2) is 14.6 Å². The number of aromatic nitrogens is 1. The lowest BCUT2D eigenvalue weighted by Gasteiger charge is -2.04. The second-order valence-corrected chi connectivity index (χ2v) is 6.06. The van der Waals surface area contributed by atoms with Crippen molar-refractivity contribution in [2.45, 2.75) is 13.3 Å². The number of carbonyl (C=O) groups is 2. The standard InChI is InChI=1S/C17H15N3O5S/c1-2-24-17(23)20-16-18-11(9-26-16)8-14(21)19-12-7-10-5-3-4-6-13(10)25-15(12)22/h3-7,9H,2,8H2,1H3,(H,19,21)(H,18,20,23). The molecule has 0 aliphatic carbocycles. The highest BCUT2D eigenvalue weighted by atomic mass is 32.1. The predicted octanol–water partition coefficient (Wildman–Crippen LogP) is 3.00. The van der Waals surface area contributed by atoms with Gasteiger partial charge in [-0.05, 0) is 19.1 Å². The Labute approximate surface area is 151 Å². The third-order valence-electron chi connectivity index (χ3n) is 3.29. The molecular weight excluding hydrogens is 358 g/mol. The topological polar surface area (TPSA) is 111 Å². The molecule has 0 atom stereocenters. The number of fused-ring (bicyclic) bond motifs is 1. The van der Waals surface area contributed by atoms with Crippen LogP contribution in [0.25, 0.3) is 11.0 Å². The zero-order valence-electron chi connectivity index (χ0n) is 13.8. The van der Waals surface area contributed by atoms with Crippen LogP contribution in [0.4, 0.5) is 15.6 Å². The predicted molar refractivity (Wildman–Crippen MR) is 97.6 cm³/mol. The van der Waals surface area contributed by atoms with Gasteiger partial charge in [-0.1, -0.05) is 18.2 Å². The van der Waals surface area contributed by atoms with E-state index in [1.165, 1.54) is 11.3 Å². The molecule has 134 valence electrons. The van der Waals surface area contributed by atoms with Crippen molar-refractivity contribution >= 4 is 45.1 Å². The molecule has 3 aromatic rings. The van der Waals surface area contributed by atoms with Crippen molar-refractivity contribution in [3.63, 3.8) is 0 Å². The second-order valence-electron chi connectivity index (χ2n) is 5.20. The number of nitrogens with one attached hydrogen (secondary N) is 2. The smallest absolute Gasteiger partial charge is 0.413 e. The number of hydrogen-bond donors (Lipinski definition) is 2. The lowest BCUT2D eigenvalue weighted by Crippen LogP contribution is -2.19. The van der Waals surface area contributed by atoms with Gasteiger partial charge in [0.05, 0.1) is 18.7 Å². The SMILES string of the molecule is CCOC(=O)Nc1nc(CC(=O)Nc2cc3ccccc3oc2=O)cs1. The van der Waals surface area contributed by atoms with E-state index in [1.807, 2.05) is 0 Å². The fraction of sp³-hybridized carbons (Fsp3) is 0.176. The molecule has 2 N–H and O–H groups in total. The van der Waals surface area contributed by atoms with Gasteiger partial charge in [0.25, 0.3) is 0 Å². The summed E-state index contributed by atoms with van der Waals surface area (Å²) in [5, 5.41) is 7.67. The first kappa shape index (κ1) is 17.6. The number of hydrogen-bond acceptors (Lipinski definition) is 7. The number of benzene rings is 1. The molecule has 0 radical (unpaired) electrons. The van der Waals surface area contributed by atoms with Gasteiger partial charge >= 0.3 is 11.7 Å². The number of anilines is 2. The van der Waals surface area contributed by atoms with Crippen LogP contribution >= 0.6 is 11.3 Å². The van der Waals surface area contributed by atoms with Crippen molar-refractivity contribution in [2.24, 2.45) is 0 Å². The lowest BCUT2D eigenvalue weighted by molar-refractivity contribution is -0.115. The zero-order chi connectivity index (χ0) is 18.5. The van der Waals surface area contributed by atoms with Gasteiger partial charge in [-0.2, -0.15) is 0 Å². The summed E-state index contributed by atoms with van der Waals surface area (Å²) in [4.78, 5) is 39.6. The van der Waals surface area contributed by atoms with Crippen LogP contribution in [0, 0.1) is 0 Å². The average molecular weight is 373 g/mol. The number of carbonyl (C=O) groups excluding carboxylic acids is 2. The number of ether oxygens (including phenoxy) is 1. The summed E-state index contributed by atoms with van der Waals surface area (Å²) >= 11 is 1.17. The summed E-state index contributed by atoms with van der Waals surface area (Å²) in [5.74, 6) is -0.416. The molecule has 2 amide bonds. The second kappa shape index (κ2) is 7.79. The van der Waals surface area contributed by atoms with Gasteiger partial charge in [0.2, 0.25) is 5.91 Å². The Kier molecular flexibility index (Phi) is 5.28. The lowest BCUT2D eigenvalue weighted by atomic mass is 10.2. The van der Waals surface area contributed by atoms with E-state index in [1.54, 1.807) is 42.6 Å². The van der Waals surface area contributed by atoms with Crippen LogP contribution in [0.5, 0.6) is 0 Å². The Balaban J connectivity index is 1.66. The Morgan fingerprint density at radius 2 is 2.08 bits per heavy atom. The molecule has 0 bridgehead atoms. The average Bonchev–Trinajstić information content (AvgIpc) is 3.02. The van der Waals surface area contributed by atoms with Crippen molar-refractivity contribution < 1.29 is 18.7 Å². The van der Waals surface area contributed by atoms with E-state index >= 15 is 0 Å². The molecular formula is C17H15N3O5S. The first-order valence-electron chi connectivity index (χ1n) is 7.76. The Morgan fingerprint density at radius 3 is 2.88 bits per heavy atom. The van der Waals surface area contributed by atoms with Gasteiger partial charge in [0, 0.05) is 10.8 Å². The van der Waals surface area contributed by atoms with E-state index in [0.717, 1.165) is 0 Å². The number of nitrogens with zero attached hydrogens (tertiary/aromatic N) is 1. The molecule has 2 aromatic heterocycles. The molecule has 1 aromatic carbocycles. The normalized spacial score (nSPS) is 10.5. The molecule has 3 rings (SSSR count). The van der Waals surface area contributed by atoms with Gasteiger partial charge in [0.15, 0.2) is 5.13 Å². The van der Waals surface area contributed by atoms with Gasteiger partial charge in [-0.3, -0.25) is 10.1 Å². The number of thiazole rings is 1. The maximum atomic E-state index is 12.2. The molecule has 0 saturated carbocycles. The first-order valence-corrected chi connectivity index (χ1v) is 8.64. The molecule has 0 aliphatic rings. The van der Waals surface area contributed by atoms with Crippen LogP contribution < -0.4 is 16.3 Å².